The lowest BCUT2D eigenvalue weighted by molar-refractivity contribution is 0.0929. The molecule has 152 valence electrons. The fraction of sp³-hybridized carbons (Fsp3) is 0.273. The van der Waals surface area contributed by atoms with Gasteiger partial charge in [0, 0.05) is 49.3 Å². The number of hydrogen-bond acceptors (Lipinski definition) is 4. The van der Waals surface area contributed by atoms with Crippen molar-refractivity contribution >= 4 is 28.4 Å². The van der Waals surface area contributed by atoms with Crippen LogP contribution in [0, 0.1) is 0 Å². The van der Waals surface area contributed by atoms with Gasteiger partial charge in [0.2, 0.25) is 0 Å². The van der Waals surface area contributed by atoms with Gasteiger partial charge in [-0.25, -0.2) is 5.43 Å². The first-order chi connectivity index (χ1) is 14.0. The third-order valence-electron chi connectivity index (χ3n) is 4.61. The van der Waals surface area contributed by atoms with Crippen molar-refractivity contribution in [3.8, 4) is 0 Å². The van der Waals surface area contributed by atoms with Crippen molar-refractivity contribution in [2.24, 2.45) is 0 Å². The molecule has 0 bridgehead atoms. The van der Waals surface area contributed by atoms with E-state index in [1.165, 1.54) is 0 Å². The monoisotopic (exact) mass is 393 g/mol. The lowest BCUT2D eigenvalue weighted by Gasteiger charge is -2.11. The van der Waals surface area contributed by atoms with Crippen molar-refractivity contribution in [1.82, 2.24) is 21.2 Å². The molecule has 1 heterocycles. The fourth-order valence-electron chi connectivity index (χ4n) is 2.91. The summed E-state index contributed by atoms with van der Waals surface area (Å²) in [5.74, 6) is -0.345. The van der Waals surface area contributed by atoms with E-state index in [1.807, 2.05) is 62.3 Å². The average Bonchev–Trinajstić information content (AvgIpc) is 3.16. The molecule has 29 heavy (non-hydrogen) atoms. The Morgan fingerprint density at radius 1 is 1.00 bits per heavy atom. The number of nitrogens with one attached hydrogen (secondary N) is 4. The van der Waals surface area contributed by atoms with Gasteiger partial charge in [0.15, 0.2) is 0 Å². The van der Waals surface area contributed by atoms with Crippen LogP contribution in [0.2, 0.25) is 0 Å². The number of fused-ring (bicyclic) bond motifs is 1. The Hall–Kier alpha value is -3.32. The minimum absolute atomic E-state index is 0.168. The zero-order chi connectivity index (χ0) is 20.8. The van der Waals surface area contributed by atoms with Crippen molar-refractivity contribution in [3.63, 3.8) is 0 Å². The van der Waals surface area contributed by atoms with Crippen LogP contribution in [0.1, 0.15) is 39.8 Å². The van der Waals surface area contributed by atoms with Crippen LogP contribution in [0.5, 0.6) is 0 Å². The van der Waals surface area contributed by atoms with E-state index < -0.39 is 0 Å². The Kier molecular flexibility index (Phi) is 6.51. The van der Waals surface area contributed by atoms with Gasteiger partial charge in [0.05, 0.1) is 0 Å². The standard InChI is InChI=1S/C22H27N5O2/c1-4-11-24-26-21(28)16-7-5-15(6-8-16)14-23-22(29)20-12-17-9-10-18(27(2)3)13-19(17)25-20/h5-10,12-13,24-25H,4,11,14H2,1-3H3,(H,23,29)(H,26,28). The number of nitrogens with zero attached hydrogens (tertiary/aromatic N) is 1. The summed E-state index contributed by atoms with van der Waals surface area (Å²) in [6, 6.07) is 15.1. The normalized spacial score (nSPS) is 10.7. The smallest absolute Gasteiger partial charge is 0.267 e. The molecule has 0 fully saturated rings. The van der Waals surface area contributed by atoms with Gasteiger partial charge in [-0.15, -0.1) is 0 Å². The third kappa shape index (κ3) is 5.14. The second kappa shape index (κ2) is 9.25. The van der Waals surface area contributed by atoms with Crippen molar-refractivity contribution in [2.45, 2.75) is 19.9 Å². The highest BCUT2D eigenvalue weighted by molar-refractivity contribution is 5.98. The summed E-state index contributed by atoms with van der Waals surface area (Å²) in [6.07, 6.45) is 0.937. The van der Waals surface area contributed by atoms with E-state index >= 15 is 0 Å². The molecule has 0 saturated heterocycles. The molecule has 0 atom stereocenters. The van der Waals surface area contributed by atoms with Crippen molar-refractivity contribution in [3.05, 3.63) is 65.4 Å². The topological polar surface area (TPSA) is 89.3 Å². The average molecular weight is 393 g/mol. The number of carbonyl (C=O) groups is 2. The predicted octanol–water partition coefficient (Wildman–Crippen LogP) is 2.81. The van der Waals surface area contributed by atoms with Crippen molar-refractivity contribution < 1.29 is 9.59 Å². The van der Waals surface area contributed by atoms with Gasteiger partial charge < -0.3 is 15.2 Å². The minimum atomic E-state index is -0.177. The molecule has 1 aromatic heterocycles. The number of amides is 2. The molecule has 0 aliphatic carbocycles. The second-order valence-corrected chi connectivity index (χ2v) is 7.11. The van der Waals surface area contributed by atoms with Crippen LogP contribution in [-0.2, 0) is 6.54 Å². The molecule has 7 nitrogen and oxygen atoms in total. The van der Waals surface area contributed by atoms with Gasteiger partial charge in [-0.2, -0.15) is 0 Å². The van der Waals surface area contributed by atoms with Crippen LogP contribution in [0.4, 0.5) is 5.69 Å². The Balaban J connectivity index is 1.59. The van der Waals surface area contributed by atoms with E-state index in [0.29, 0.717) is 17.8 Å². The molecule has 0 aliphatic rings. The maximum absolute atomic E-state index is 12.5. The van der Waals surface area contributed by atoms with E-state index in [4.69, 9.17) is 0 Å². The highest BCUT2D eigenvalue weighted by Gasteiger charge is 2.11. The summed E-state index contributed by atoms with van der Waals surface area (Å²) < 4.78 is 0. The Morgan fingerprint density at radius 2 is 1.76 bits per heavy atom. The number of H-pyrrole nitrogens is 1. The van der Waals surface area contributed by atoms with E-state index in [-0.39, 0.29) is 11.8 Å². The molecule has 3 rings (SSSR count). The van der Waals surface area contributed by atoms with E-state index in [9.17, 15) is 9.59 Å². The molecular weight excluding hydrogens is 366 g/mol. The summed E-state index contributed by atoms with van der Waals surface area (Å²) in [4.78, 5) is 29.7. The first-order valence-corrected chi connectivity index (χ1v) is 9.68. The number of benzene rings is 2. The molecule has 0 aliphatic heterocycles. The van der Waals surface area contributed by atoms with Gasteiger partial charge in [0.1, 0.15) is 5.69 Å². The van der Waals surface area contributed by atoms with Gasteiger partial charge in [-0.3, -0.25) is 15.0 Å². The van der Waals surface area contributed by atoms with E-state index in [0.717, 1.165) is 35.1 Å². The van der Waals surface area contributed by atoms with Crippen molar-refractivity contribution in [1.29, 1.82) is 0 Å². The molecule has 2 amide bonds. The first kappa shape index (κ1) is 20.4. The number of rotatable bonds is 8. The molecule has 0 unspecified atom stereocenters. The van der Waals surface area contributed by atoms with Crippen LogP contribution >= 0.6 is 0 Å². The number of aromatic amines is 1. The van der Waals surface area contributed by atoms with Gasteiger partial charge in [-0.05, 0) is 42.3 Å². The summed E-state index contributed by atoms with van der Waals surface area (Å²) in [5, 5.41) is 3.90. The first-order valence-electron chi connectivity index (χ1n) is 9.68. The molecule has 0 saturated carbocycles. The van der Waals surface area contributed by atoms with Gasteiger partial charge in [0.25, 0.3) is 11.8 Å². The number of hydrogen-bond donors (Lipinski definition) is 4. The van der Waals surface area contributed by atoms with Crippen LogP contribution < -0.4 is 21.1 Å². The highest BCUT2D eigenvalue weighted by atomic mass is 16.2. The second-order valence-electron chi connectivity index (χ2n) is 7.11. The van der Waals surface area contributed by atoms with Gasteiger partial charge in [-0.1, -0.05) is 25.1 Å². The molecule has 3 aromatic rings. The molecule has 4 N–H and O–H groups in total. The summed E-state index contributed by atoms with van der Waals surface area (Å²) >= 11 is 0. The largest absolute Gasteiger partial charge is 0.378 e. The third-order valence-corrected chi connectivity index (χ3v) is 4.61. The van der Waals surface area contributed by atoms with Crippen LogP contribution in [0.3, 0.4) is 0 Å². The Morgan fingerprint density at radius 3 is 2.45 bits per heavy atom. The number of anilines is 1. The minimum Gasteiger partial charge on any atom is -0.378 e. The Bertz CT molecular complexity index is 992. The van der Waals surface area contributed by atoms with Gasteiger partial charge >= 0.3 is 0 Å². The summed E-state index contributed by atoms with van der Waals surface area (Å²) in [5.41, 5.74) is 9.51. The number of hydrazine groups is 1. The molecule has 2 aromatic carbocycles. The highest BCUT2D eigenvalue weighted by Crippen LogP contribution is 2.21. The zero-order valence-corrected chi connectivity index (χ0v) is 17.0. The van der Waals surface area contributed by atoms with Crippen LogP contribution in [0.15, 0.2) is 48.5 Å². The maximum atomic E-state index is 12.5. The number of aromatic nitrogens is 1. The molecule has 0 spiro atoms. The molecule has 0 radical (unpaired) electrons. The summed E-state index contributed by atoms with van der Waals surface area (Å²) in [7, 11) is 3.96. The lowest BCUT2D eigenvalue weighted by atomic mass is 10.1. The molecule has 7 heteroatoms. The maximum Gasteiger partial charge on any atom is 0.267 e. The fourth-order valence-corrected chi connectivity index (χ4v) is 2.91. The molecular formula is C22H27N5O2. The van der Waals surface area contributed by atoms with Crippen molar-refractivity contribution in [2.75, 3.05) is 25.5 Å². The Labute approximate surface area is 170 Å². The van der Waals surface area contributed by atoms with Crippen LogP contribution in [0.25, 0.3) is 10.9 Å². The predicted molar refractivity (Wildman–Crippen MR) is 116 cm³/mol. The quantitative estimate of drug-likeness (QED) is 0.350. The summed E-state index contributed by atoms with van der Waals surface area (Å²) in [6.45, 7) is 3.13. The SMILES string of the molecule is CCCNNC(=O)c1ccc(CNC(=O)c2cc3ccc(N(C)C)cc3[nH]2)cc1. The number of carbonyl (C=O) groups excluding carboxylic acids is 2. The van der Waals surface area contributed by atoms with Crippen LogP contribution in [-0.4, -0.2) is 37.4 Å². The van der Waals surface area contributed by atoms with E-state index in [2.05, 4.69) is 21.2 Å². The lowest BCUT2D eigenvalue weighted by Crippen LogP contribution is -2.37. The zero-order valence-electron chi connectivity index (χ0n) is 17.0. The van der Waals surface area contributed by atoms with E-state index in [1.54, 1.807) is 12.1 Å².